The van der Waals surface area contributed by atoms with Crippen LogP contribution in [0.5, 0.6) is 0 Å². The second kappa shape index (κ2) is 6.69. The minimum Gasteiger partial charge on any atom is -0.326 e. The summed E-state index contributed by atoms with van der Waals surface area (Å²) < 4.78 is 0. The number of fused-ring (bicyclic) bond motifs is 2. The summed E-state index contributed by atoms with van der Waals surface area (Å²) in [6, 6.07) is 22.8. The van der Waals surface area contributed by atoms with Crippen molar-refractivity contribution in [2.45, 2.75) is 16.7 Å². The van der Waals surface area contributed by atoms with Crippen LogP contribution in [0.3, 0.4) is 0 Å². The minimum absolute atomic E-state index is 0.172. The molecule has 0 saturated heterocycles. The number of carbonyl (C=O) groups is 2. The van der Waals surface area contributed by atoms with Crippen molar-refractivity contribution in [3.05, 3.63) is 78.4 Å². The Kier molecular flexibility index (Phi) is 4.22. The summed E-state index contributed by atoms with van der Waals surface area (Å²) in [5.41, 5.74) is 2.66. The largest absolute Gasteiger partial charge is 0.326 e. The third kappa shape index (κ3) is 2.86. The SMILES string of the molecule is CC(=O)Nc1ccccc1C(=O)N1c2ccccc2Sc2ccccc21. The zero-order chi connectivity index (χ0) is 18.1. The fourth-order valence-electron chi connectivity index (χ4n) is 3.01. The highest BCUT2D eigenvalue weighted by Crippen LogP contribution is 2.48. The third-order valence-corrected chi connectivity index (χ3v) is 5.23. The quantitative estimate of drug-likeness (QED) is 0.693. The van der Waals surface area contributed by atoms with Crippen LogP contribution in [0, 0.1) is 0 Å². The molecule has 0 atom stereocenters. The van der Waals surface area contributed by atoms with Crippen LogP contribution in [0.4, 0.5) is 17.1 Å². The molecule has 3 aromatic carbocycles. The van der Waals surface area contributed by atoms with Crippen LogP contribution < -0.4 is 10.2 Å². The molecule has 0 spiro atoms. The summed E-state index contributed by atoms with van der Waals surface area (Å²) >= 11 is 1.65. The van der Waals surface area contributed by atoms with Gasteiger partial charge in [0.2, 0.25) is 5.91 Å². The van der Waals surface area contributed by atoms with E-state index in [9.17, 15) is 9.59 Å². The second-order valence-corrected chi connectivity index (χ2v) is 6.99. The van der Waals surface area contributed by atoms with E-state index >= 15 is 0 Å². The van der Waals surface area contributed by atoms with Crippen LogP contribution >= 0.6 is 11.8 Å². The second-order valence-electron chi connectivity index (χ2n) is 5.90. The van der Waals surface area contributed by atoms with Gasteiger partial charge in [0.05, 0.1) is 22.6 Å². The zero-order valence-electron chi connectivity index (χ0n) is 14.1. The molecule has 1 aliphatic rings. The van der Waals surface area contributed by atoms with E-state index in [0.717, 1.165) is 21.2 Å². The molecule has 0 bridgehead atoms. The number of hydrogen-bond donors (Lipinski definition) is 1. The molecule has 4 nitrogen and oxygen atoms in total. The molecule has 4 rings (SSSR count). The van der Waals surface area contributed by atoms with Crippen LogP contribution in [0.25, 0.3) is 0 Å². The Morgan fingerprint density at radius 3 is 1.96 bits per heavy atom. The van der Waals surface area contributed by atoms with Crippen molar-refractivity contribution in [1.82, 2.24) is 0 Å². The number of amides is 2. The number of nitrogens with one attached hydrogen (secondary N) is 1. The van der Waals surface area contributed by atoms with Crippen molar-refractivity contribution in [3.63, 3.8) is 0 Å². The molecule has 1 heterocycles. The Morgan fingerprint density at radius 1 is 0.808 bits per heavy atom. The number of para-hydroxylation sites is 3. The lowest BCUT2D eigenvalue weighted by atomic mass is 10.1. The van der Waals surface area contributed by atoms with E-state index in [2.05, 4.69) is 5.32 Å². The normalized spacial score (nSPS) is 12.1. The first kappa shape index (κ1) is 16.4. The van der Waals surface area contributed by atoms with Crippen molar-refractivity contribution in [2.75, 3.05) is 10.2 Å². The lowest BCUT2D eigenvalue weighted by Crippen LogP contribution is -2.29. The molecule has 0 fully saturated rings. The molecule has 1 aliphatic heterocycles. The van der Waals surface area contributed by atoms with Gasteiger partial charge in [0.15, 0.2) is 0 Å². The van der Waals surface area contributed by atoms with Crippen LogP contribution in [0.15, 0.2) is 82.6 Å². The molecule has 0 aliphatic carbocycles. The Morgan fingerprint density at radius 2 is 1.35 bits per heavy atom. The Hall–Kier alpha value is -3.05. The van der Waals surface area contributed by atoms with Gasteiger partial charge in [-0.2, -0.15) is 0 Å². The molecule has 26 heavy (non-hydrogen) atoms. The fraction of sp³-hybridized carbons (Fsp3) is 0.0476. The number of rotatable bonds is 2. The molecule has 5 heteroatoms. The van der Waals surface area contributed by atoms with E-state index in [1.807, 2.05) is 48.5 Å². The zero-order valence-corrected chi connectivity index (χ0v) is 14.9. The van der Waals surface area contributed by atoms with Gasteiger partial charge in [-0.3, -0.25) is 14.5 Å². The van der Waals surface area contributed by atoms with Gasteiger partial charge in [-0.05, 0) is 36.4 Å². The number of nitrogens with zero attached hydrogens (tertiary/aromatic N) is 1. The average molecular weight is 360 g/mol. The van der Waals surface area contributed by atoms with Crippen molar-refractivity contribution in [1.29, 1.82) is 0 Å². The minimum atomic E-state index is -0.208. The van der Waals surface area contributed by atoms with Gasteiger partial charge in [-0.15, -0.1) is 0 Å². The summed E-state index contributed by atoms with van der Waals surface area (Å²) in [6.45, 7) is 1.43. The van der Waals surface area contributed by atoms with Crippen LogP contribution in [0.1, 0.15) is 17.3 Å². The summed E-state index contributed by atoms with van der Waals surface area (Å²) in [5, 5.41) is 2.75. The predicted molar refractivity (Wildman–Crippen MR) is 104 cm³/mol. The fourth-order valence-corrected chi connectivity index (χ4v) is 4.07. The van der Waals surface area contributed by atoms with Crippen molar-refractivity contribution < 1.29 is 9.59 Å². The van der Waals surface area contributed by atoms with E-state index in [1.54, 1.807) is 40.9 Å². The van der Waals surface area contributed by atoms with Crippen molar-refractivity contribution in [2.24, 2.45) is 0 Å². The van der Waals surface area contributed by atoms with E-state index in [0.29, 0.717) is 11.3 Å². The van der Waals surface area contributed by atoms with Crippen molar-refractivity contribution in [3.8, 4) is 0 Å². The van der Waals surface area contributed by atoms with Gasteiger partial charge in [0.1, 0.15) is 0 Å². The molecule has 128 valence electrons. The maximum Gasteiger partial charge on any atom is 0.265 e. The molecular weight excluding hydrogens is 344 g/mol. The molecule has 3 aromatic rings. The summed E-state index contributed by atoms with van der Waals surface area (Å²) in [4.78, 5) is 28.8. The Bertz CT molecular complexity index is 971. The Labute approximate surface area is 155 Å². The summed E-state index contributed by atoms with van der Waals surface area (Å²) in [5.74, 6) is -0.380. The highest BCUT2D eigenvalue weighted by Gasteiger charge is 2.29. The molecular formula is C21H16N2O2S. The number of benzene rings is 3. The third-order valence-electron chi connectivity index (χ3n) is 4.10. The van der Waals surface area contributed by atoms with E-state index < -0.39 is 0 Å². The topological polar surface area (TPSA) is 49.4 Å². The molecule has 0 radical (unpaired) electrons. The van der Waals surface area contributed by atoms with E-state index in [4.69, 9.17) is 0 Å². The maximum absolute atomic E-state index is 13.5. The van der Waals surface area contributed by atoms with Gasteiger partial charge in [0, 0.05) is 16.7 Å². The van der Waals surface area contributed by atoms with Gasteiger partial charge in [-0.25, -0.2) is 0 Å². The van der Waals surface area contributed by atoms with E-state index in [1.165, 1.54) is 6.92 Å². The summed E-state index contributed by atoms with van der Waals surface area (Å²) in [7, 11) is 0. The van der Waals surface area contributed by atoms with Crippen LogP contribution in [0.2, 0.25) is 0 Å². The number of carbonyl (C=O) groups excluding carboxylic acids is 2. The standard InChI is InChI=1S/C21H16N2O2S/c1-14(24)22-16-9-3-2-8-15(16)21(25)23-17-10-4-6-12-19(17)26-20-13-7-5-11-18(20)23/h2-13H,1H3,(H,22,24). The van der Waals surface area contributed by atoms with Gasteiger partial charge in [0.25, 0.3) is 5.91 Å². The van der Waals surface area contributed by atoms with Crippen LogP contribution in [-0.2, 0) is 4.79 Å². The maximum atomic E-state index is 13.5. The smallest absolute Gasteiger partial charge is 0.265 e. The highest BCUT2D eigenvalue weighted by atomic mass is 32.2. The molecule has 1 N–H and O–H groups in total. The lowest BCUT2D eigenvalue weighted by molar-refractivity contribution is -0.114. The van der Waals surface area contributed by atoms with Gasteiger partial charge >= 0.3 is 0 Å². The van der Waals surface area contributed by atoms with Gasteiger partial charge in [-0.1, -0.05) is 48.2 Å². The monoisotopic (exact) mass is 360 g/mol. The molecule has 2 amide bonds. The van der Waals surface area contributed by atoms with Crippen molar-refractivity contribution >= 4 is 40.6 Å². The average Bonchev–Trinajstić information content (AvgIpc) is 2.65. The molecule has 0 aromatic heterocycles. The van der Waals surface area contributed by atoms with Crippen LogP contribution in [-0.4, -0.2) is 11.8 Å². The first-order valence-electron chi connectivity index (χ1n) is 8.22. The molecule has 0 saturated carbocycles. The highest BCUT2D eigenvalue weighted by molar-refractivity contribution is 7.99. The predicted octanol–water partition coefficient (Wildman–Crippen LogP) is 5.09. The lowest BCUT2D eigenvalue weighted by Gasteiger charge is -2.31. The van der Waals surface area contributed by atoms with E-state index in [-0.39, 0.29) is 11.8 Å². The Balaban J connectivity index is 1.86. The summed E-state index contributed by atoms with van der Waals surface area (Å²) in [6.07, 6.45) is 0. The van der Waals surface area contributed by atoms with Gasteiger partial charge < -0.3 is 5.32 Å². The number of anilines is 3. The number of hydrogen-bond acceptors (Lipinski definition) is 3. The first-order chi connectivity index (χ1) is 12.6. The molecule has 0 unspecified atom stereocenters. The first-order valence-corrected chi connectivity index (χ1v) is 9.04.